The highest BCUT2D eigenvalue weighted by atomic mass is 16.6. The van der Waals surface area contributed by atoms with Crippen molar-refractivity contribution in [1.82, 2.24) is 0 Å². The fourth-order valence-electron chi connectivity index (χ4n) is 3.50. The van der Waals surface area contributed by atoms with Crippen LogP contribution >= 0.6 is 0 Å². The molecule has 138 valence electrons. The van der Waals surface area contributed by atoms with Crippen LogP contribution in [0.25, 0.3) is 0 Å². The molecule has 1 aliphatic carbocycles. The molecule has 4 nitrogen and oxygen atoms in total. The fourth-order valence-corrected chi connectivity index (χ4v) is 3.50. The molecule has 0 saturated heterocycles. The maximum absolute atomic E-state index is 12.8. The molecule has 0 bridgehead atoms. The van der Waals surface area contributed by atoms with Crippen LogP contribution in [0.2, 0.25) is 0 Å². The van der Waals surface area contributed by atoms with E-state index >= 15 is 0 Å². The third-order valence-electron chi connectivity index (χ3n) is 5.58. The molecule has 25 heavy (non-hydrogen) atoms. The minimum absolute atomic E-state index is 0.233. The third-order valence-corrected chi connectivity index (χ3v) is 5.58. The predicted octanol–water partition coefficient (Wildman–Crippen LogP) is 4.51. The minimum atomic E-state index is -0.698. The lowest BCUT2D eigenvalue weighted by atomic mass is 9.65. The Morgan fingerprint density at radius 1 is 1.12 bits per heavy atom. The predicted molar refractivity (Wildman–Crippen MR) is 96.7 cm³/mol. The van der Waals surface area contributed by atoms with E-state index in [9.17, 15) is 9.59 Å². The summed E-state index contributed by atoms with van der Waals surface area (Å²) in [6, 6.07) is 9.62. The molecule has 0 N–H and O–H groups in total. The summed E-state index contributed by atoms with van der Waals surface area (Å²) >= 11 is 0. The summed E-state index contributed by atoms with van der Waals surface area (Å²) in [6.45, 7) is 11.7. The van der Waals surface area contributed by atoms with E-state index in [2.05, 4.69) is 0 Å². The molecule has 1 aliphatic rings. The van der Waals surface area contributed by atoms with Crippen molar-refractivity contribution in [2.45, 2.75) is 66.6 Å². The number of hydrogen-bond donors (Lipinski definition) is 0. The van der Waals surface area contributed by atoms with Gasteiger partial charge >= 0.3 is 11.9 Å². The molecule has 1 aromatic carbocycles. The first kappa shape index (κ1) is 19.5. The van der Waals surface area contributed by atoms with Gasteiger partial charge in [0.25, 0.3) is 0 Å². The summed E-state index contributed by atoms with van der Waals surface area (Å²) in [6.07, 6.45) is 1.26. The van der Waals surface area contributed by atoms with Crippen molar-refractivity contribution in [2.75, 3.05) is 0 Å². The van der Waals surface area contributed by atoms with Gasteiger partial charge < -0.3 is 9.47 Å². The summed E-state index contributed by atoms with van der Waals surface area (Å²) in [4.78, 5) is 25.4. The van der Waals surface area contributed by atoms with Gasteiger partial charge in [0.15, 0.2) is 0 Å². The molecule has 2 atom stereocenters. The van der Waals surface area contributed by atoms with Gasteiger partial charge in [0.1, 0.15) is 12.2 Å². The second-order valence-electron chi connectivity index (χ2n) is 8.74. The highest BCUT2D eigenvalue weighted by molar-refractivity contribution is 5.82. The van der Waals surface area contributed by atoms with Crippen molar-refractivity contribution in [1.29, 1.82) is 0 Å². The van der Waals surface area contributed by atoms with Crippen LogP contribution in [0, 0.1) is 16.7 Å². The molecule has 0 heterocycles. The Labute approximate surface area is 150 Å². The molecule has 4 heteroatoms. The lowest BCUT2D eigenvalue weighted by Crippen LogP contribution is -2.45. The van der Waals surface area contributed by atoms with E-state index in [1.807, 2.05) is 71.9 Å². The van der Waals surface area contributed by atoms with E-state index < -0.39 is 16.4 Å². The van der Waals surface area contributed by atoms with Crippen LogP contribution in [0.15, 0.2) is 30.3 Å². The molecule has 2 rings (SSSR count). The van der Waals surface area contributed by atoms with E-state index in [4.69, 9.17) is 9.47 Å². The second kappa shape index (κ2) is 6.81. The summed E-state index contributed by atoms with van der Waals surface area (Å²) < 4.78 is 11.2. The van der Waals surface area contributed by atoms with Crippen molar-refractivity contribution < 1.29 is 19.1 Å². The quantitative estimate of drug-likeness (QED) is 0.753. The standard InChI is InChI=1S/C21H30O4/c1-19(2,3)25-18(23)21(6)13-12-16(20(21,4)5)17(22)24-14-15-10-8-7-9-11-15/h7-11,16H,12-14H2,1-6H3/t16-,21-/m1/s1. The normalized spacial score (nSPS) is 25.4. The first-order chi connectivity index (χ1) is 11.5. The van der Waals surface area contributed by atoms with Crippen LogP contribution in [-0.4, -0.2) is 17.5 Å². The molecule has 1 saturated carbocycles. The number of carbonyl (C=O) groups is 2. The molecule has 0 spiro atoms. The first-order valence-electron chi connectivity index (χ1n) is 8.91. The Balaban J connectivity index is 2.08. The molecule has 0 aromatic heterocycles. The van der Waals surface area contributed by atoms with Gasteiger partial charge in [0.05, 0.1) is 11.3 Å². The van der Waals surface area contributed by atoms with Crippen LogP contribution in [-0.2, 0) is 25.7 Å². The lowest BCUT2D eigenvalue weighted by molar-refractivity contribution is -0.175. The van der Waals surface area contributed by atoms with Gasteiger partial charge in [-0.25, -0.2) is 0 Å². The Morgan fingerprint density at radius 2 is 1.72 bits per heavy atom. The van der Waals surface area contributed by atoms with Crippen LogP contribution in [0.5, 0.6) is 0 Å². The summed E-state index contributed by atoms with van der Waals surface area (Å²) in [5, 5.41) is 0. The van der Waals surface area contributed by atoms with Crippen LogP contribution in [0.3, 0.4) is 0 Å². The third kappa shape index (κ3) is 4.05. The molecule has 0 amide bonds. The van der Waals surface area contributed by atoms with E-state index in [0.29, 0.717) is 12.8 Å². The van der Waals surface area contributed by atoms with Crippen LogP contribution < -0.4 is 0 Å². The van der Waals surface area contributed by atoms with Gasteiger partial charge in [-0.15, -0.1) is 0 Å². The number of ether oxygens (including phenoxy) is 2. The zero-order valence-corrected chi connectivity index (χ0v) is 16.2. The summed E-state index contributed by atoms with van der Waals surface area (Å²) in [5.41, 5.74) is -0.802. The summed E-state index contributed by atoms with van der Waals surface area (Å²) in [5.74, 6) is -0.779. The maximum Gasteiger partial charge on any atom is 0.312 e. The summed E-state index contributed by atoms with van der Waals surface area (Å²) in [7, 11) is 0. The van der Waals surface area contributed by atoms with E-state index in [-0.39, 0.29) is 24.5 Å². The van der Waals surface area contributed by atoms with E-state index in [0.717, 1.165) is 5.56 Å². The van der Waals surface area contributed by atoms with Crippen LogP contribution in [0.4, 0.5) is 0 Å². The first-order valence-corrected chi connectivity index (χ1v) is 8.91. The monoisotopic (exact) mass is 346 g/mol. The number of esters is 2. The van der Waals surface area contributed by atoms with Crippen molar-refractivity contribution >= 4 is 11.9 Å². The Morgan fingerprint density at radius 3 is 2.28 bits per heavy atom. The Bertz CT molecular complexity index is 627. The zero-order chi connectivity index (χ0) is 18.9. The number of rotatable bonds is 4. The highest BCUT2D eigenvalue weighted by Crippen LogP contribution is 2.57. The molecule has 1 fully saturated rings. The number of carbonyl (C=O) groups excluding carboxylic acids is 2. The zero-order valence-electron chi connectivity index (χ0n) is 16.2. The molecule has 0 unspecified atom stereocenters. The SMILES string of the molecule is CC(C)(C)OC(=O)[C@@]1(C)CC[C@H](C(=O)OCc2ccccc2)C1(C)C. The average Bonchev–Trinajstić information content (AvgIpc) is 2.76. The van der Waals surface area contributed by atoms with E-state index in [1.54, 1.807) is 0 Å². The number of benzene rings is 1. The van der Waals surface area contributed by atoms with Gasteiger partial charge in [0.2, 0.25) is 0 Å². The Hall–Kier alpha value is -1.84. The largest absolute Gasteiger partial charge is 0.461 e. The van der Waals surface area contributed by atoms with Crippen molar-refractivity contribution in [3.63, 3.8) is 0 Å². The maximum atomic E-state index is 12.8. The van der Waals surface area contributed by atoms with E-state index in [1.165, 1.54) is 0 Å². The molecule has 1 aromatic rings. The molecular weight excluding hydrogens is 316 g/mol. The topological polar surface area (TPSA) is 52.6 Å². The molecule has 0 aliphatic heterocycles. The smallest absolute Gasteiger partial charge is 0.312 e. The highest BCUT2D eigenvalue weighted by Gasteiger charge is 2.59. The van der Waals surface area contributed by atoms with Gasteiger partial charge in [-0.2, -0.15) is 0 Å². The fraction of sp³-hybridized carbons (Fsp3) is 0.619. The molecular formula is C21H30O4. The van der Waals surface area contributed by atoms with Gasteiger partial charge in [0, 0.05) is 0 Å². The van der Waals surface area contributed by atoms with Crippen LogP contribution in [0.1, 0.15) is 59.9 Å². The average molecular weight is 346 g/mol. The van der Waals surface area contributed by atoms with Crippen molar-refractivity contribution in [3.05, 3.63) is 35.9 Å². The lowest BCUT2D eigenvalue weighted by Gasteiger charge is -2.40. The number of hydrogen-bond acceptors (Lipinski definition) is 4. The van der Waals surface area contributed by atoms with Gasteiger partial charge in [-0.05, 0) is 51.5 Å². The van der Waals surface area contributed by atoms with Gasteiger partial charge in [-0.3, -0.25) is 9.59 Å². The van der Waals surface area contributed by atoms with Crippen molar-refractivity contribution in [2.24, 2.45) is 16.7 Å². The molecule has 0 radical (unpaired) electrons. The van der Waals surface area contributed by atoms with Crippen molar-refractivity contribution in [3.8, 4) is 0 Å². The minimum Gasteiger partial charge on any atom is -0.461 e. The Kier molecular flexibility index (Phi) is 5.31. The van der Waals surface area contributed by atoms with Gasteiger partial charge in [-0.1, -0.05) is 44.2 Å². The second-order valence-corrected chi connectivity index (χ2v) is 8.74.